The van der Waals surface area contributed by atoms with Gasteiger partial charge in [-0.15, -0.1) is 0 Å². The monoisotopic (exact) mass is 519 g/mol. The number of nitrogens with zero attached hydrogens (tertiary/aromatic N) is 4. The normalized spacial score (nSPS) is 11.0. The van der Waals surface area contributed by atoms with Crippen LogP contribution in [-0.2, 0) is 25.3 Å². The number of methoxy groups -OCH3 is 1. The van der Waals surface area contributed by atoms with E-state index in [9.17, 15) is 14.4 Å². The maximum atomic E-state index is 13.0. The molecule has 0 aliphatic heterocycles. The molecule has 10 heteroatoms. The number of anilines is 1. The third-order valence-electron chi connectivity index (χ3n) is 6.01. The van der Waals surface area contributed by atoms with Crippen molar-refractivity contribution >= 4 is 34.4 Å². The van der Waals surface area contributed by atoms with Crippen molar-refractivity contribution in [3.05, 3.63) is 74.9 Å². The van der Waals surface area contributed by atoms with Crippen LogP contribution < -0.4 is 21.3 Å². The van der Waals surface area contributed by atoms with Crippen molar-refractivity contribution in [1.82, 2.24) is 19.1 Å². The molecule has 0 saturated heterocycles. The van der Waals surface area contributed by atoms with E-state index in [1.165, 1.54) is 17.2 Å². The Morgan fingerprint density at radius 2 is 1.70 bits per heavy atom. The lowest BCUT2D eigenvalue weighted by Gasteiger charge is -2.12. The zero-order valence-corrected chi connectivity index (χ0v) is 22.1. The lowest BCUT2D eigenvalue weighted by atomic mass is 10.1. The van der Waals surface area contributed by atoms with Gasteiger partial charge in [0.15, 0.2) is 11.5 Å². The van der Waals surface area contributed by atoms with E-state index in [2.05, 4.69) is 22.2 Å². The fourth-order valence-corrected chi connectivity index (χ4v) is 4.68. The predicted molar refractivity (Wildman–Crippen MR) is 146 cm³/mol. The van der Waals surface area contributed by atoms with E-state index in [0.29, 0.717) is 27.9 Å². The summed E-state index contributed by atoms with van der Waals surface area (Å²) < 4.78 is 7.55. The van der Waals surface area contributed by atoms with Crippen LogP contribution >= 0.6 is 11.8 Å². The SMILES string of the molecule is CCCCc1ccc(NC(=O)CSc2nc(-c3ccc(OC)cc3)nc3c2c(=O)n(C)c(=O)n3C)cc1. The van der Waals surface area contributed by atoms with Crippen LogP contribution in [0.2, 0.25) is 0 Å². The molecule has 4 aromatic rings. The zero-order valence-electron chi connectivity index (χ0n) is 21.3. The van der Waals surface area contributed by atoms with E-state index in [-0.39, 0.29) is 22.7 Å². The summed E-state index contributed by atoms with van der Waals surface area (Å²) in [5.74, 6) is 0.808. The molecular weight excluding hydrogens is 490 g/mol. The standard InChI is InChI=1S/C27H29N5O4S/c1-5-6-7-17-8-12-19(13-9-17)28-21(33)16-37-25-22-24(31(2)27(35)32(3)26(22)34)29-23(30-25)18-10-14-20(36-4)15-11-18/h8-15H,5-7,16H2,1-4H3,(H,28,33). The number of rotatable bonds is 9. The van der Waals surface area contributed by atoms with Gasteiger partial charge in [0.25, 0.3) is 5.56 Å². The van der Waals surface area contributed by atoms with Gasteiger partial charge in [-0.1, -0.05) is 37.2 Å². The number of fused-ring (bicyclic) bond motifs is 1. The molecule has 2 aromatic heterocycles. The molecule has 0 bridgehead atoms. The summed E-state index contributed by atoms with van der Waals surface area (Å²) in [5.41, 5.74) is 1.83. The van der Waals surface area contributed by atoms with Gasteiger partial charge in [-0.3, -0.25) is 18.7 Å². The molecular formula is C27H29N5O4S. The van der Waals surface area contributed by atoms with E-state index in [4.69, 9.17) is 4.74 Å². The van der Waals surface area contributed by atoms with Gasteiger partial charge in [-0.2, -0.15) is 0 Å². The van der Waals surface area contributed by atoms with Crippen molar-refractivity contribution in [2.45, 2.75) is 31.2 Å². The van der Waals surface area contributed by atoms with Gasteiger partial charge in [-0.05, 0) is 54.8 Å². The van der Waals surface area contributed by atoms with Crippen molar-refractivity contribution < 1.29 is 9.53 Å². The summed E-state index contributed by atoms with van der Waals surface area (Å²) >= 11 is 1.13. The van der Waals surface area contributed by atoms with Crippen molar-refractivity contribution in [1.29, 1.82) is 0 Å². The summed E-state index contributed by atoms with van der Waals surface area (Å²) in [7, 11) is 4.54. The second-order valence-electron chi connectivity index (χ2n) is 8.62. The van der Waals surface area contributed by atoms with E-state index < -0.39 is 11.2 Å². The number of amides is 1. The number of benzene rings is 2. The number of thioether (sulfide) groups is 1. The summed E-state index contributed by atoms with van der Waals surface area (Å²) in [6.07, 6.45) is 3.26. The molecule has 9 nitrogen and oxygen atoms in total. The highest BCUT2D eigenvalue weighted by Crippen LogP contribution is 2.27. The molecule has 2 aromatic carbocycles. The number of carbonyl (C=O) groups is 1. The van der Waals surface area contributed by atoms with Gasteiger partial charge in [0.1, 0.15) is 16.2 Å². The van der Waals surface area contributed by atoms with Crippen molar-refractivity contribution in [2.75, 3.05) is 18.2 Å². The van der Waals surface area contributed by atoms with Crippen molar-refractivity contribution in [2.24, 2.45) is 14.1 Å². The van der Waals surface area contributed by atoms with Crippen LogP contribution in [0.25, 0.3) is 22.4 Å². The van der Waals surface area contributed by atoms with Gasteiger partial charge < -0.3 is 10.1 Å². The van der Waals surface area contributed by atoms with Gasteiger partial charge in [0.05, 0.1) is 12.9 Å². The molecule has 0 fully saturated rings. The maximum absolute atomic E-state index is 13.0. The van der Waals surface area contributed by atoms with Gasteiger partial charge in [0, 0.05) is 25.3 Å². The highest BCUT2D eigenvalue weighted by atomic mass is 32.2. The quantitative estimate of drug-likeness (QED) is 0.265. The Kier molecular flexibility index (Phi) is 8.08. The molecule has 0 spiro atoms. The van der Waals surface area contributed by atoms with Crippen LogP contribution in [0.15, 0.2) is 63.1 Å². The average Bonchev–Trinajstić information content (AvgIpc) is 2.93. The number of nitrogens with one attached hydrogen (secondary N) is 1. The molecule has 1 amide bonds. The highest BCUT2D eigenvalue weighted by Gasteiger charge is 2.19. The number of unbranched alkanes of at least 4 members (excludes halogenated alkanes) is 1. The number of aryl methyl sites for hydroxylation is 2. The number of aromatic nitrogens is 4. The van der Waals surface area contributed by atoms with Gasteiger partial charge in [0.2, 0.25) is 5.91 Å². The second-order valence-corrected chi connectivity index (χ2v) is 9.59. The summed E-state index contributed by atoms with van der Waals surface area (Å²) in [4.78, 5) is 47.5. The van der Waals surface area contributed by atoms with Crippen molar-refractivity contribution in [3.8, 4) is 17.1 Å². The fraction of sp³-hybridized carbons (Fsp3) is 0.296. The summed E-state index contributed by atoms with van der Waals surface area (Å²) in [6, 6.07) is 15.0. The Hall–Kier alpha value is -3.92. The number of ether oxygens (including phenoxy) is 1. The topological polar surface area (TPSA) is 108 Å². The molecule has 0 aliphatic rings. The minimum Gasteiger partial charge on any atom is -0.497 e. The molecule has 0 atom stereocenters. The Bertz CT molecular complexity index is 1540. The molecule has 0 aliphatic carbocycles. The Morgan fingerprint density at radius 1 is 1.00 bits per heavy atom. The third kappa shape index (κ3) is 5.75. The highest BCUT2D eigenvalue weighted by molar-refractivity contribution is 8.00. The predicted octanol–water partition coefficient (Wildman–Crippen LogP) is 3.78. The number of hydrogen-bond acceptors (Lipinski definition) is 7. The first kappa shape index (κ1) is 26.2. The number of carbonyl (C=O) groups excluding carboxylic acids is 1. The van der Waals surface area contributed by atoms with Crippen LogP contribution in [0, 0.1) is 0 Å². The second kappa shape index (κ2) is 11.4. The van der Waals surface area contributed by atoms with Gasteiger partial charge in [-0.25, -0.2) is 14.8 Å². The Morgan fingerprint density at radius 3 is 2.35 bits per heavy atom. The molecule has 2 heterocycles. The first-order valence-electron chi connectivity index (χ1n) is 12.0. The molecule has 0 saturated carbocycles. The largest absolute Gasteiger partial charge is 0.497 e. The van der Waals surface area contributed by atoms with Crippen LogP contribution in [0.5, 0.6) is 5.75 Å². The third-order valence-corrected chi connectivity index (χ3v) is 6.99. The molecule has 1 N–H and O–H groups in total. The lowest BCUT2D eigenvalue weighted by molar-refractivity contribution is -0.113. The zero-order chi connectivity index (χ0) is 26.5. The van der Waals surface area contributed by atoms with Crippen molar-refractivity contribution in [3.63, 3.8) is 0 Å². The Labute approximate surface area is 218 Å². The van der Waals surface area contributed by atoms with Crippen LogP contribution in [-0.4, -0.2) is 37.9 Å². The first-order valence-corrected chi connectivity index (χ1v) is 12.9. The average molecular weight is 520 g/mol. The molecule has 0 unspecified atom stereocenters. The Balaban J connectivity index is 1.64. The minimum absolute atomic E-state index is 0.0255. The minimum atomic E-state index is -0.509. The summed E-state index contributed by atoms with van der Waals surface area (Å²) in [5, 5.41) is 3.42. The number of hydrogen-bond donors (Lipinski definition) is 1. The lowest BCUT2D eigenvalue weighted by Crippen LogP contribution is -2.37. The van der Waals surface area contributed by atoms with Crippen LogP contribution in [0.4, 0.5) is 5.69 Å². The van der Waals surface area contributed by atoms with E-state index in [0.717, 1.165) is 35.6 Å². The van der Waals surface area contributed by atoms with Crippen LogP contribution in [0.3, 0.4) is 0 Å². The molecule has 192 valence electrons. The molecule has 37 heavy (non-hydrogen) atoms. The summed E-state index contributed by atoms with van der Waals surface area (Å²) in [6.45, 7) is 2.16. The maximum Gasteiger partial charge on any atom is 0.332 e. The molecule has 4 rings (SSSR count). The van der Waals surface area contributed by atoms with E-state index in [1.807, 2.05) is 24.3 Å². The van der Waals surface area contributed by atoms with Crippen LogP contribution in [0.1, 0.15) is 25.3 Å². The van der Waals surface area contributed by atoms with E-state index in [1.54, 1.807) is 38.4 Å². The first-order chi connectivity index (χ1) is 17.8. The smallest absolute Gasteiger partial charge is 0.332 e. The molecule has 0 radical (unpaired) electrons. The van der Waals surface area contributed by atoms with E-state index >= 15 is 0 Å². The fourth-order valence-electron chi connectivity index (χ4n) is 3.87. The van der Waals surface area contributed by atoms with Gasteiger partial charge >= 0.3 is 5.69 Å².